The van der Waals surface area contributed by atoms with Gasteiger partial charge >= 0.3 is 0 Å². The highest BCUT2D eigenvalue weighted by molar-refractivity contribution is 7.98. The van der Waals surface area contributed by atoms with E-state index in [-0.39, 0.29) is 5.91 Å². The summed E-state index contributed by atoms with van der Waals surface area (Å²) in [4.78, 5) is 12.6. The van der Waals surface area contributed by atoms with Crippen molar-refractivity contribution in [2.24, 2.45) is 5.84 Å². The van der Waals surface area contributed by atoms with Crippen LogP contribution in [0.15, 0.2) is 24.3 Å². The molecule has 0 radical (unpaired) electrons. The Kier molecular flexibility index (Phi) is 5.85. The quantitative estimate of drug-likeness (QED) is 0.357. The molecule has 1 aromatic carbocycles. The van der Waals surface area contributed by atoms with E-state index in [0.29, 0.717) is 4.88 Å². The predicted molar refractivity (Wildman–Crippen MR) is 86.1 cm³/mol. The van der Waals surface area contributed by atoms with Crippen LogP contribution in [0.5, 0.6) is 0 Å². The molecular weight excluding hydrogens is 292 g/mol. The zero-order valence-electron chi connectivity index (χ0n) is 11.3. The molecule has 108 valence electrons. The van der Waals surface area contributed by atoms with Crippen LogP contribution in [0.3, 0.4) is 0 Å². The van der Waals surface area contributed by atoms with E-state index < -0.39 is 0 Å². The number of fused-ring (bicyclic) bond motifs is 1. The van der Waals surface area contributed by atoms with E-state index in [1.165, 1.54) is 11.3 Å². The molecule has 0 aliphatic carbocycles. The Balaban J connectivity index is 2.18. The minimum atomic E-state index is -0.210. The molecule has 0 aliphatic rings. The molecule has 0 aliphatic heterocycles. The largest absolute Gasteiger partial charge is 0.385 e. The van der Waals surface area contributed by atoms with E-state index in [1.54, 1.807) is 7.11 Å². The van der Waals surface area contributed by atoms with Crippen molar-refractivity contribution in [3.8, 4) is 0 Å². The molecule has 0 saturated heterocycles. The molecule has 0 saturated carbocycles. The molecule has 3 N–H and O–H groups in total. The summed E-state index contributed by atoms with van der Waals surface area (Å²) in [6.07, 6.45) is 1.02. The summed E-state index contributed by atoms with van der Waals surface area (Å²) in [5.74, 6) is 6.89. The molecule has 4 nitrogen and oxygen atoms in total. The summed E-state index contributed by atoms with van der Waals surface area (Å²) >= 11 is 3.31. The van der Waals surface area contributed by atoms with Gasteiger partial charge in [0.1, 0.15) is 0 Å². The third kappa shape index (κ3) is 3.52. The van der Waals surface area contributed by atoms with Crippen LogP contribution in [0.2, 0.25) is 0 Å². The molecule has 1 heterocycles. The summed E-state index contributed by atoms with van der Waals surface area (Å²) in [6, 6.07) is 8.08. The van der Waals surface area contributed by atoms with Crippen molar-refractivity contribution >= 4 is 39.1 Å². The fourth-order valence-corrected chi connectivity index (χ4v) is 4.16. The molecule has 0 fully saturated rings. The van der Waals surface area contributed by atoms with Gasteiger partial charge in [-0.3, -0.25) is 10.2 Å². The average molecular weight is 310 g/mol. The van der Waals surface area contributed by atoms with Crippen molar-refractivity contribution in [2.45, 2.75) is 12.2 Å². The fourth-order valence-electron chi connectivity index (χ4n) is 1.97. The van der Waals surface area contributed by atoms with E-state index in [0.717, 1.165) is 40.2 Å². The van der Waals surface area contributed by atoms with Gasteiger partial charge in [-0.2, -0.15) is 11.8 Å². The summed E-state index contributed by atoms with van der Waals surface area (Å²) in [5.41, 5.74) is 3.32. The molecule has 0 unspecified atom stereocenters. The van der Waals surface area contributed by atoms with E-state index in [1.807, 2.05) is 30.0 Å². The maximum atomic E-state index is 11.9. The Hall–Kier alpha value is -1.08. The zero-order valence-corrected chi connectivity index (χ0v) is 13.0. The number of amides is 1. The van der Waals surface area contributed by atoms with Crippen LogP contribution in [-0.4, -0.2) is 25.4 Å². The van der Waals surface area contributed by atoms with Crippen LogP contribution < -0.4 is 11.3 Å². The van der Waals surface area contributed by atoms with Crippen LogP contribution in [0.1, 0.15) is 21.7 Å². The van der Waals surface area contributed by atoms with Gasteiger partial charge in [0.05, 0.1) is 4.88 Å². The Morgan fingerprint density at radius 2 is 2.25 bits per heavy atom. The standard InChI is InChI=1S/C14H18N2O2S2/c1-18-7-4-8-19-9-11-10-5-2-3-6-12(10)20-13(11)14(17)16-15/h2-3,5-6H,4,7-9,15H2,1H3,(H,16,17). The van der Waals surface area contributed by atoms with Gasteiger partial charge < -0.3 is 4.74 Å². The summed E-state index contributed by atoms with van der Waals surface area (Å²) in [6.45, 7) is 0.771. The maximum absolute atomic E-state index is 11.9. The lowest BCUT2D eigenvalue weighted by atomic mass is 10.1. The van der Waals surface area contributed by atoms with Gasteiger partial charge in [0, 0.05) is 24.2 Å². The molecule has 1 aromatic heterocycles. The molecule has 6 heteroatoms. The van der Waals surface area contributed by atoms with Crippen molar-refractivity contribution in [3.05, 3.63) is 34.7 Å². The second kappa shape index (κ2) is 7.64. The van der Waals surface area contributed by atoms with Gasteiger partial charge in [-0.05, 0) is 29.2 Å². The number of hydrogen-bond acceptors (Lipinski definition) is 5. The van der Waals surface area contributed by atoms with Crippen molar-refractivity contribution in [1.29, 1.82) is 0 Å². The number of nitrogen functional groups attached to an aromatic ring is 1. The SMILES string of the molecule is COCCCSCc1c(C(=O)NN)sc2ccccc12. The third-order valence-corrected chi connectivity index (χ3v) is 5.20. The molecule has 2 aromatic rings. The van der Waals surface area contributed by atoms with Crippen LogP contribution >= 0.6 is 23.1 Å². The summed E-state index contributed by atoms with van der Waals surface area (Å²) in [5, 5.41) is 1.15. The normalized spacial score (nSPS) is 10.9. The molecule has 0 spiro atoms. The summed E-state index contributed by atoms with van der Waals surface area (Å²) in [7, 11) is 1.71. The smallest absolute Gasteiger partial charge is 0.275 e. The first-order chi connectivity index (χ1) is 9.77. The highest BCUT2D eigenvalue weighted by atomic mass is 32.2. The molecule has 0 atom stereocenters. The van der Waals surface area contributed by atoms with Crippen molar-refractivity contribution in [3.63, 3.8) is 0 Å². The number of hydrazine groups is 1. The lowest BCUT2D eigenvalue weighted by Gasteiger charge is -2.04. The number of nitrogens with two attached hydrogens (primary N) is 1. The topological polar surface area (TPSA) is 64.3 Å². The number of nitrogens with one attached hydrogen (secondary N) is 1. The second-order valence-corrected chi connectivity index (χ2v) is 6.44. The number of ether oxygens (including phenoxy) is 1. The van der Waals surface area contributed by atoms with Gasteiger partial charge in [0.25, 0.3) is 5.91 Å². The number of benzene rings is 1. The van der Waals surface area contributed by atoms with E-state index in [4.69, 9.17) is 10.6 Å². The van der Waals surface area contributed by atoms with Gasteiger partial charge in [-0.1, -0.05) is 18.2 Å². The number of thiophene rings is 1. The van der Waals surface area contributed by atoms with Crippen LogP contribution in [0.4, 0.5) is 0 Å². The van der Waals surface area contributed by atoms with Gasteiger partial charge in [0.15, 0.2) is 0 Å². The molecule has 0 bridgehead atoms. The van der Waals surface area contributed by atoms with Crippen molar-refractivity contribution in [2.75, 3.05) is 19.5 Å². The molecule has 20 heavy (non-hydrogen) atoms. The lowest BCUT2D eigenvalue weighted by Crippen LogP contribution is -2.29. The van der Waals surface area contributed by atoms with Gasteiger partial charge in [-0.25, -0.2) is 5.84 Å². The molecule has 2 rings (SSSR count). The predicted octanol–water partition coefficient (Wildman–Crippen LogP) is 2.77. The third-order valence-electron chi connectivity index (χ3n) is 2.92. The number of methoxy groups -OCH3 is 1. The monoisotopic (exact) mass is 310 g/mol. The maximum Gasteiger partial charge on any atom is 0.275 e. The van der Waals surface area contributed by atoms with Gasteiger partial charge in [-0.15, -0.1) is 11.3 Å². The number of rotatable bonds is 7. The van der Waals surface area contributed by atoms with Crippen molar-refractivity contribution in [1.82, 2.24) is 5.43 Å². The number of thioether (sulfide) groups is 1. The Bertz CT molecular complexity index is 584. The van der Waals surface area contributed by atoms with Crippen LogP contribution in [-0.2, 0) is 10.5 Å². The first kappa shape index (κ1) is 15.3. The molecule has 1 amide bonds. The van der Waals surface area contributed by atoms with E-state index in [9.17, 15) is 4.79 Å². The molecular formula is C14H18N2O2S2. The second-order valence-electron chi connectivity index (χ2n) is 4.28. The number of carbonyl (C=O) groups excluding carboxylic acids is 1. The lowest BCUT2D eigenvalue weighted by molar-refractivity contribution is 0.0957. The fraction of sp³-hybridized carbons (Fsp3) is 0.357. The number of carbonyl (C=O) groups is 1. The minimum absolute atomic E-state index is 0.210. The van der Waals surface area contributed by atoms with E-state index in [2.05, 4.69) is 11.5 Å². The van der Waals surface area contributed by atoms with Crippen LogP contribution in [0, 0.1) is 0 Å². The van der Waals surface area contributed by atoms with Crippen LogP contribution in [0.25, 0.3) is 10.1 Å². The zero-order chi connectivity index (χ0) is 14.4. The Morgan fingerprint density at radius 1 is 1.45 bits per heavy atom. The number of hydrogen-bond donors (Lipinski definition) is 2. The van der Waals surface area contributed by atoms with E-state index >= 15 is 0 Å². The summed E-state index contributed by atoms with van der Waals surface area (Å²) < 4.78 is 6.16. The highest BCUT2D eigenvalue weighted by Crippen LogP contribution is 2.33. The van der Waals surface area contributed by atoms with Gasteiger partial charge in [0.2, 0.25) is 0 Å². The first-order valence-electron chi connectivity index (χ1n) is 6.36. The first-order valence-corrected chi connectivity index (χ1v) is 8.33. The average Bonchev–Trinajstić information content (AvgIpc) is 2.85. The Labute approximate surface area is 126 Å². The Morgan fingerprint density at radius 3 is 3.00 bits per heavy atom. The van der Waals surface area contributed by atoms with Crippen molar-refractivity contribution < 1.29 is 9.53 Å². The highest BCUT2D eigenvalue weighted by Gasteiger charge is 2.17. The minimum Gasteiger partial charge on any atom is -0.385 e.